The minimum absolute atomic E-state index is 0.0596. The van der Waals surface area contributed by atoms with E-state index in [0.29, 0.717) is 5.11 Å². The lowest BCUT2D eigenvalue weighted by molar-refractivity contribution is 0.625. The molecule has 4 heteroatoms. The first-order chi connectivity index (χ1) is 10.1. The van der Waals surface area contributed by atoms with Crippen LogP contribution in [0.15, 0.2) is 54.6 Å². The molecule has 106 valence electrons. The fraction of sp³-hybridized carbons (Fsp3) is 0.118. The van der Waals surface area contributed by atoms with Crippen molar-refractivity contribution in [1.82, 2.24) is 10.6 Å². The second-order valence-corrected chi connectivity index (χ2v) is 5.48. The lowest BCUT2D eigenvalue weighted by Crippen LogP contribution is -2.40. The van der Waals surface area contributed by atoms with Crippen LogP contribution in [0.3, 0.4) is 0 Å². The summed E-state index contributed by atoms with van der Waals surface area (Å²) in [7, 11) is 0. The van der Waals surface area contributed by atoms with Gasteiger partial charge >= 0.3 is 0 Å². The number of benzene rings is 2. The number of thiocarbonyl (C=S) groups is 1. The van der Waals surface area contributed by atoms with Gasteiger partial charge in [-0.05, 0) is 48.5 Å². The predicted octanol–water partition coefficient (Wildman–Crippen LogP) is 3.69. The molecule has 0 saturated carbocycles. The summed E-state index contributed by atoms with van der Waals surface area (Å²) in [6.07, 6.45) is 2.06. The van der Waals surface area contributed by atoms with E-state index in [-0.39, 0.29) is 11.9 Å². The van der Waals surface area contributed by atoms with Crippen molar-refractivity contribution in [2.45, 2.75) is 13.0 Å². The molecule has 3 rings (SSSR count). The van der Waals surface area contributed by atoms with Crippen molar-refractivity contribution in [1.29, 1.82) is 0 Å². The highest BCUT2D eigenvalue weighted by molar-refractivity contribution is 7.80. The summed E-state index contributed by atoms with van der Waals surface area (Å²) in [5.74, 6) is -0.238. The number of hydrogen-bond acceptors (Lipinski definition) is 1. The van der Waals surface area contributed by atoms with Gasteiger partial charge in [0.05, 0.1) is 6.04 Å². The predicted molar refractivity (Wildman–Crippen MR) is 87.2 cm³/mol. The van der Waals surface area contributed by atoms with E-state index in [4.69, 9.17) is 12.2 Å². The summed E-state index contributed by atoms with van der Waals surface area (Å²) >= 11 is 5.27. The Morgan fingerprint density at radius 2 is 1.67 bits per heavy atom. The zero-order valence-electron chi connectivity index (χ0n) is 11.6. The Balaban J connectivity index is 1.95. The van der Waals surface area contributed by atoms with Gasteiger partial charge in [-0.2, -0.15) is 0 Å². The molecule has 0 radical (unpaired) electrons. The van der Waals surface area contributed by atoms with E-state index in [0.717, 1.165) is 16.8 Å². The first-order valence-corrected chi connectivity index (χ1v) is 7.14. The molecule has 0 fully saturated rings. The van der Waals surface area contributed by atoms with Crippen LogP contribution in [0.5, 0.6) is 0 Å². The van der Waals surface area contributed by atoms with Crippen molar-refractivity contribution in [3.8, 4) is 0 Å². The molecular formula is C17H15FN2S. The van der Waals surface area contributed by atoms with Crippen molar-refractivity contribution in [3.63, 3.8) is 0 Å². The molecule has 2 aromatic carbocycles. The van der Waals surface area contributed by atoms with Crippen LogP contribution in [-0.4, -0.2) is 5.11 Å². The molecule has 0 saturated heterocycles. The van der Waals surface area contributed by atoms with Gasteiger partial charge in [-0.3, -0.25) is 0 Å². The third kappa shape index (κ3) is 3.11. The first-order valence-electron chi connectivity index (χ1n) is 6.74. The molecule has 0 amide bonds. The van der Waals surface area contributed by atoms with E-state index < -0.39 is 0 Å². The Labute approximate surface area is 128 Å². The second kappa shape index (κ2) is 5.66. The van der Waals surface area contributed by atoms with Gasteiger partial charge in [0, 0.05) is 5.70 Å². The number of hydrogen-bond donors (Lipinski definition) is 2. The number of nitrogens with one attached hydrogen (secondary N) is 2. The molecule has 0 bridgehead atoms. The monoisotopic (exact) mass is 298 g/mol. The van der Waals surface area contributed by atoms with Crippen LogP contribution >= 0.6 is 12.2 Å². The average molecular weight is 298 g/mol. The van der Waals surface area contributed by atoms with E-state index >= 15 is 0 Å². The van der Waals surface area contributed by atoms with Gasteiger partial charge in [-0.1, -0.05) is 42.0 Å². The van der Waals surface area contributed by atoms with Gasteiger partial charge in [-0.25, -0.2) is 4.39 Å². The lowest BCUT2D eigenvalue weighted by Gasteiger charge is -2.26. The van der Waals surface area contributed by atoms with Gasteiger partial charge in [0.2, 0.25) is 0 Å². The van der Waals surface area contributed by atoms with E-state index in [1.54, 1.807) is 12.1 Å². The van der Waals surface area contributed by atoms with E-state index in [9.17, 15) is 4.39 Å². The summed E-state index contributed by atoms with van der Waals surface area (Å²) in [4.78, 5) is 0. The molecule has 2 aromatic rings. The maximum absolute atomic E-state index is 13.0. The summed E-state index contributed by atoms with van der Waals surface area (Å²) in [6.45, 7) is 2.06. The van der Waals surface area contributed by atoms with Crippen LogP contribution in [-0.2, 0) is 0 Å². The highest BCUT2D eigenvalue weighted by Gasteiger charge is 2.18. The van der Waals surface area contributed by atoms with Crippen molar-refractivity contribution in [2.24, 2.45) is 0 Å². The molecule has 1 aliphatic heterocycles. The first kappa shape index (κ1) is 13.8. The minimum Gasteiger partial charge on any atom is -0.352 e. The Hall–Kier alpha value is -2.20. The van der Waals surface area contributed by atoms with E-state index in [1.807, 2.05) is 0 Å². The summed E-state index contributed by atoms with van der Waals surface area (Å²) in [6, 6.07) is 14.6. The highest BCUT2D eigenvalue weighted by atomic mass is 32.1. The third-order valence-corrected chi connectivity index (χ3v) is 3.68. The molecule has 2 N–H and O–H groups in total. The van der Waals surface area contributed by atoms with Crippen molar-refractivity contribution < 1.29 is 4.39 Å². The van der Waals surface area contributed by atoms with E-state index in [2.05, 4.69) is 47.9 Å². The van der Waals surface area contributed by atoms with Gasteiger partial charge in [0.1, 0.15) is 5.82 Å². The zero-order chi connectivity index (χ0) is 14.8. The average Bonchev–Trinajstić information content (AvgIpc) is 2.48. The molecule has 0 aromatic heterocycles. The maximum Gasteiger partial charge on any atom is 0.171 e. The van der Waals surface area contributed by atoms with Crippen molar-refractivity contribution in [2.75, 3.05) is 0 Å². The minimum atomic E-state index is -0.238. The van der Waals surface area contributed by atoms with Crippen LogP contribution in [0, 0.1) is 12.7 Å². The Bertz CT molecular complexity index is 690. The van der Waals surface area contributed by atoms with Gasteiger partial charge < -0.3 is 10.6 Å². The molecule has 0 spiro atoms. The van der Waals surface area contributed by atoms with Gasteiger partial charge in [0.25, 0.3) is 0 Å². The normalized spacial score (nSPS) is 17.7. The van der Waals surface area contributed by atoms with E-state index in [1.165, 1.54) is 17.7 Å². The molecule has 2 nitrogen and oxygen atoms in total. The second-order valence-electron chi connectivity index (χ2n) is 5.07. The number of halogens is 1. The fourth-order valence-corrected chi connectivity index (χ4v) is 2.54. The SMILES string of the molecule is Cc1ccc(C2=C[C@@H](c3ccc(F)cc3)NC(=S)N2)cc1. The largest absolute Gasteiger partial charge is 0.352 e. The molecule has 0 unspecified atom stereocenters. The van der Waals surface area contributed by atoms with Crippen LogP contribution in [0.2, 0.25) is 0 Å². The molecular weight excluding hydrogens is 283 g/mol. The van der Waals surface area contributed by atoms with Crippen LogP contribution in [0.25, 0.3) is 5.70 Å². The molecule has 1 heterocycles. The Morgan fingerprint density at radius 3 is 2.33 bits per heavy atom. The molecule has 21 heavy (non-hydrogen) atoms. The van der Waals surface area contributed by atoms with Crippen LogP contribution in [0.4, 0.5) is 4.39 Å². The zero-order valence-corrected chi connectivity index (χ0v) is 12.4. The molecule has 1 aliphatic rings. The summed E-state index contributed by atoms with van der Waals surface area (Å²) in [5, 5.41) is 6.93. The lowest BCUT2D eigenvalue weighted by atomic mass is 10.0. The smallest absolute Gasteiger partial charge is 0.171 e. The fourth-order valence-electron chi connectivity index (χ4n) is 2.30. The van der Waals surface area contributed by atoms with Crippen LogP contribution in [0.1, 0.15) is 22.7 Å². The topological polar surface area (TPSA) is 24.1 Å². The third-order valence-electron chi connectivity index (χ3n) is 3.46. The Kier molecular flexibility index (Phi) is 3.71. The highest BCUT2D eigenvalue weighted by Crippen LogP contribution is 2.23. The van der Waals surface area contributed by atoms with Gasteiger partial charge in [0.15, 0.2) is 5.11 Å². The van der Waals surface area contributed by atoms with Gasteiger partial charge in [-0.15, -0.1) is 0 Å². The maximum atomic E-state index is 13.0. The number of aryl methyl sites for hydroxylation is 1. The summed E-state index contributed by atoms with van der Waals surface area (Å²) in [5.41, 5.74) is 4.24. The standard InChI is InChI=1S/C17H15FN2S/c1-11-2-4-12(5-3-11)15-10-16(20-17(21)19-15)13-6-8-14(18)9-7-13/h2-10,16H,1H3,(H2,19,20,21)/t16-/m0/s1. The Morgan fingerprint density at radius 1 is 1.00 bits per heavy atom. The molecule has 1 atom stereocenters. The number of rotatable bonds is 2. The summed E-state index contributed by atoms with van der Waals surface area (Å²) < 4.78 is 13.0. The molecule has 0 aliphatic carbocycles. The van der Waals surface area contributed by atoms with Crippen LogP contribution < -0.4 is 10.6 Å². The van der Waals surface area contributed by atoms with Crippen molar-refractivity contribution >= 4 is 23.0 Å². The quantitative estimate of drug-likeness (QED) is 0.827. The van der Waals surface area contributed by atoms with Crippen molar-refractivity contribution in [3.05, 3.63) is 77.1 Å².